The number of rotatable bonds is 4. The fourth-order valence-corrected chi connectivity index (χ4v) is 3.34. The lowest BCUT2D eigenvalue weighted by Crippen LogP contribution is -2.40. The zero-order valence-electron chi connectivity index (χ0n) is 11.6. The molecule has 19 heavy (non-hydrogen) atoms. The van der Waals surface area contributed by atoms with Gasteiger partial charge in [0.1, 0.15) is 0 Å². The second-order valence-electron chi connectivity index (χ2n) is 6.04. The third-order valence-electron chi connectivity index (χ3n) is 4.69. The molecular weight excluding hydrogens is 242 g/mol. The van der Waals surface area contributed by atoms with Crippen molar-refractivity contribution in [2.24, 2.45) is 11.8 Å². The van der Waals surface area contributed by atoms with E-state index >= 15 is 0 Å². The lowest BCUT2D eigenvalue weighted by molar-refractivity contribution is -0.145. The number of aliphatic carboxylic acids is 1. The van der Waals surface area contributed by atoms with Crippen molar-refractivity contribution in [3.05, 3.63) is 0 Å². The van der Waals surface area contributed by atoms with Gasteiger partial charge in [-0.1, -0.05) is 32.1 Å². The van der Waals surface area contributed by atoms with Crippen LogP contribution in [0.25, 0.3) is 0 Å². The maximum atomic E-state index is 12.1. The monoisotopic (exact) mass is 267 g/mol. The fourth-order valence-electron chi connectivity index (χ4n) is 3.34. The number of likely N-dealkylation sites (tertiary alicyclic amines) is 1. The van der Waals surface area contributed by atoms with Crippen LogP contribution in [0.15, 0.2) is 0 Å². The second-order valence-corrected chi connectivity index (χ2v) is 6.04. The summed E-state index contributed by atoms with van der Waals surface area (Å²) in [6, 6.07) is 0. The Kier molecular flexibility index (Phi) is 5.23. The standard InChI is InChI=1S/C15H25NO3/c17-14(7-6-12-4-2-1-3-5-12)16-10-8-13(9-11-16)15(18)19/h12-13H,1-11H2,(H,18,19). The molecule has 1 aliphatic carbocycles. The maximum absolute atomic E-state index is 12.1. The van der Waals surface area contributed by atoms with E-state index in [2.05, 4.69) is 0 Å². The van der Waals surface area contributed by atoms with Gasteiger partial charge in [0.2, 0.25) is 5.91 Å². The average molecular weight is 267 g/mol. The molecular formula is C15H25NO3. The number of nitrogens with zero attached hydrogens (tertiary/aromatic N) is 1. The number of amides is 1. The van der Waals surface area contributed by atoms with Gasteiger partial charge in [0.25, 0.3) is 0 Å². The Balaban J connectivity index is 1.67. The number of carbonyl (C=O) groups is 2. The number of hydrogen-bond donors (Lipinski definition) is 1. The first-order valence-corrected chi connectivity index (χ1v) is 7.67. The van der Waals surface area contributed by atoms with Gasteiger partial charge in [0.05, 0.1) is 5.92 Å². The van der Waals surface area contributed by atoms with Crippen LogP contribution in [0, 0.1) is 11.8 Å². The van der Waals surface area contributed by atoms with E-state index in [1.807, 2.05) is 4.90 Å². The van der Waals surface area contributed by atoms with Crippen LogP contribution in [0.1, 0.15) is 57.8 Å². The molecule has 0 radical (unpaired) electrons. The summed E-state index contributed by atoms with van der Waals surface area (Å²) >= 11 is 0. The Bertz CT molecular complexity index is 315. The molecule has 4 nitrogen and oxygen atoms in total. The molecule has 4 heteroatoms. The molecule has 1 N–H and O–H groups in total. The topological polar surface area (TPSA) is 57.6 Å². The summed E-state index contributed by atoms with van der Waals surface area (Å²) in [6.07, 6.45) is 9.48. The molecule has 1 saturated carbocycles. The third kappa shape index (κ3) is 4.22. The molecule has 0 aromatic rings. The van der Waals surface area contributed by atoms with E-state index in [1.54, 1.807) is 0 Å². The van der Waals surface area contributed by atoms with Crippen molar-refractivity contribution < 1.29 is 14.7 Å². The molecule has 108 valence electrons. The maximum Gasteiger partial charge on any atom is 0.306 e. The summed E-state index contributed by atoms with van der Waals surface area (Å²) in [7, 11) is 0. The van der Waals surface area contributed by atoms with Crippen LogP contribution in [0.3, 0.4) is 0 Å². The van der Waals surface area contributed by atoms with Crippen molar-refractivity contribution in [3.63, 3.8) is 0 Å². The smallest absolute Gasteiger partial charge is 0.306 e. The quantitative estimate of drug-likeness (QED) is 0.852. The Hall–Kier alpha value is -1.06. The predicted molar refractivity (Wildman–Crippen MR) is 72.7 cm³/mol. The molecule has 2 rings (SSSR count). The number of carboxylic acids is 1. The van der Waals surface area contributed by atoms with Crippen LogP contribution in [-0.2, 0) is 9.59 Å². The minimum atomic E-state index is -0.714. The van der Waals surface area contributed by atoms with E-state index in [0.717, 1.165) is 12.3 Å². The fraction of sp³-hybridized carbons (Fsp3) is 0.867. The lowest BCUT2D eigenvalue weighted by Gasteiger charge is -2.31. The van der Waals surface area contributed by atoms with Crippen molar-refractivity contribution in [2.75, 3.05) is 13.1 Å². The van der Waals surface area contributed by atoms with Gasteiger partial charge in [-0.2, -0.15) is 0 Å². The van der Waals surface area contributed by atoms with Gasteiger partial charge in [-0.3, -0.25) is 9.59 Å². The van der Waals surface area contributed by atoms with Crippen molar-refractivity contribution in [2.45, 2.75) is 57.8 Å². The molecule has 0 atom stereocenters. The van der Waals surface area contributed by atoms with Gasteiger partial charge in [0, 0.05) is 19.5 Å². The second kappa shape index (κ2) is 6.92. The Morgan fingerprint density at radius 3 is 2.21 bits per heavy atom. The largest absolute Gasteiger partial charge is 0.481 e. The summed E-state index contributed by atoms with van der Waals surface area (Å²) in [5.74, 6) is 0.0142. The first-order valence-electron chi connectivity index (χ1n) is 7.67. The zero-order chi connectivity index (χ0) is 13.7. The highest BCUT2D eigenvalue weighted by Gasteiger charge is 2.27. The van der Waals surface area contributed by atoms with E-state index in [-0.39, 0.29) is 11.8 Å². The molecule has 2 fully saturated rings. The van der Waals surface area contributed by atoms with E-state index < -0.39 is 5.97 Å². The van der Waals surface area contributed by atoms with Gasteiger partial charge in [-0.15, -0.1) is 0 Å². The Morgan fingerprint density at radius 2 is 1.63 bits per heavy atom. The average Bonchev–Trinajstić information content (AvgIpc) is 2.46. The van der Waals surface area contributed by atoms with Crippen molar-refractivity contribution in [1.29, 1.82) is 0 Å². The highest BCUT2D eigenvalue weighted by atomic mass is 16.4. The first-order chi connectivity index (χ1) is 9.16. The summed E-state index contributed by atoms with van der Waals surface area (Å²) in [6.45, 7) is 1.25. The molecule has 2 aliphatic rings. The van der Waals surface area contributed by atoms with Gasteiger partial charge < -0.3 is 10.0 Å². The summed E-state index contributed by atoms with van der Waals surface area (Å²) in [4.78, 5) is 24.8. The molecule has 1 saturated heterocycles. The van der Waals surface area contributed by atoms with Gasteiger partial charge in [0.15, 0.2) is 0 Å². The minimum absolute atomic E-state index is 0.231. The van der Waals surface area contributed by atoms with Crippen LogP contribution >= 0.6 is 0 Å². The Morgan fingerprint density at radius 1 is 1.00 bits per heavy atom. The van der Waals surface area contributed by atoms with Gasteiger partial charge in [-0.05, 0) is 25.2 Å². The van der Waals surface area contributed by atoms with Crippen LogP contribution in [0.4, 0.5) is 0 Å². The third-order valence-corrected chi connectivity index (χ3v) is 4.69. The Labute approximate surface area is 115 Å². The number of carbonyl (C=O) groups excluding carboxylic acids is 1. The van der Waals surface area contributed by atoms with Crippen LogP contribution < -0.4 is 0 Å². The van der Waals surface area contributed by atoms with Crippen LogP contribution in [0.5, 0.6) is 0 Å². The van der Waals surface area contributed by atoms with Crippen LogP contribution in [0.2, 0.25) is 0 Å². The molecule has 1 amide bonds. The van der Waals surface area contributed by atoms with Crippen molar-refractivity contribution in [1.82, 2.24) is 4.90 Å². The molecule has 0 unspecified atom stereocenters. The molecule has 0 bridgehead atoms. The molecule has 0 aromatic heterocycles. The van der Waals surface area contributed by atoms with Crippen molar-refractivity contribution in [3.8, 4) is 0 Å². The normalized spacial score (nSPS) is 22.4. The highest BCUT2D eigenvalue weighted by Crippen LogP contribution is 2.28. The first kappa shape index (κ1) is 14.4. The van der Waals surface area contributed by atoms with Crippen molar-refractivity contribution >= 4 is 11.9 Å². The van der Waals surface area contributed by atoms with E-state index in [4.69, 9.17) is 5.11 Å². The van der Waals surface area contributed by atoms with E-state index in [1.165, 1.54) is 32.1 Å². The summed E-state index contributed by atoms with van der Waals surface area (Å²) in [5.41, 5.74) is 0. The number of piperidine rings is 1. The number of carboxylic acid groups (broad SMARTS) is 1. The van der Waals surface area contributed by atoms with E-state index in [9.17, 15) is 9.59 Å². The predicted octanol–water partition coefficient (Wildman–Crippen LogP) is 2.67. The molecule has 1 aliphatic heterocycles. The minimum Gasteiger partial charge on any atom is -0.481 e. The lowest BCUT2D eigenvalue weighted by atomic mass is 9.86. The van der Waals surface area contributed by atoms with Crippen LogP contribution in [-0.4, -0.2) is 35.0 Å². The van der Waals surface area contributed by atoms with Gasteiger partial charge >= 0.3 is 5.97 Å². The zero-order valence-corrected chi connectivity index (χ0v) is 11.6. The molecule has 0 aromatic carbocycles. The molecule has 0 spiro atoms. The summed E-state index contributed by atoms with van der Waals surface area (Å²) < 4.78 is 0. The van der Waals surface area contributed by atoms with Gasteiger partial charge in [-0.25, -0.2) is 0 Å². The van der Waals surface area contributed by atoms with E-state index in [0.29, 0.717) is 32.4 Å². The summed E-state index contributed by atoms with van der Waals surface area (Å²) in [5, 5.41) is 8.93. The number of hydrogen-bond acceptors (Lipinski definition) is 2. The SMILES string of the molecule is O=C(O)C1CCN(C(=O)CCC2CCCCC2)CC1. The highest BCUT2D eigenvalue weighted by molar-refractivity contribution is 5.77. The molecule has 1 heterocycles.